The molecule has 1 heterocycles. The lowest BCUT2D eigenvalue weighted by molar-refractivity contribution is -0.114. The molecule has 0 saturated heterocycles. The van der Waals surface area contributed by atoms with Crippen LogP contribution < -0.4 is 10.6 Å². The first kappa shape index (κ1) is 21.0. The van der Waals surface area contributed by atoms with Gasteiger partial charge in [-0.1, -0.05) is 6.92 Å². The normalized spacial score (nSPS) is 15.6. The number of rotatable bonds is 5. The number of amides is 2. The Morgan fingerprint density at radius 1 is 1.14 bits per heavy atom. The molecule has 0 fully saturated rings. The SMILES string of the molecule is CC(=O)Nc1sc2c(c1C(=O)Nc1ccc(C(=O)OC(C)C)cc1)CCC(C)C2. The van der Waals surface area contributed by atoms with E-state index in [1.165, 1.54) is 23.1 Å². The Hall–Kier alpha value is -2.67. The van der Waals surface area contributed by atoms with Crippen LogP contribution in [0.4, 0.5) is 10.7 Å². The molecule has 1 aromatic heterocycles. The van der Waals surface area contributed by atoms with Gasteiger partial charge in [-0.05, 0) is 68.9 Å². The maximum Gasteiger partial charge on any atom is 0.338 e. The van der Waals surface area contributed by atoms with E-state index in [1.807, 2.05) is 0 Å². The van der Waals surface area contributed by atoms with E-state index in [1.54, 1.807) is 38.1 Å². The van der Waals surface area contributed by atoms with Gasteiger partial charge in [0.15, 0.2) is 0 Å². The summed E-state index contributed by atoms with van der Waals surface area (Å²) in [6.07, 6.45) is 2.58. The number of esters is 1. The number of hydrogen-bond donors (Lipinski definition) is 2. The standard InChI is InChI=1S/C22H26N2O4S/c1-12(2)28-22(27)15-6-8-16(9-7-15)24-20(26)19-17-10-5-13(3)11-18(17)29-21(19)23-14(4)25/h6-9,12-13H,5,10-11H2,1-4H3,(H,23,25)(H,24,26). The molecular formula is C22H26N2O4S. The fraction of sp³-hybridized carbons (Fsp3) is 0.409. The summed E-state index contributed by atoms with van der Waals surface area (Å²) in [6.45, 7) is 7.23. The smallest absolute Gasteiger partial charge is 0.338 e. The van der Waals surface area contributed by atoms with Crippen LogP contribution in [0.2, 0.25) is 0 Å². The van der Waals surface area contributed by atoms with Crippen LogP contribution in [0.25, 0.3) is 0 Å². The van der Waals surface area contributed by atoms with E-state index in [4.69, 9.17) is 4.74 Å². The van der Waals surface area contributed by atoms with Crippen molar-refractivity contribution in [2.24, 2.45) is 5.92 Å². The number of carbonyl (C=O) groups is 3. The van der Waals surface area contributed by atoms with Crippen molar-refractivity contribution < 1.29 is 19.1 Å². The predicted molar refractivity (Wildman–Crippen MR) is 115 cm³/mol. The highest BCUT2D eigenvalue weighted by Gasteiger charge is 2.28. The van der Waals surface area contributed by atoms with Crippen molar-refractivity contribution in [3.63, 3.8) is 0 Å². The summed E-state index contributed by atoms with van der Waals surface area (Å²) >= 11 is 1.49. The molecule has 2 aromatic rings. The van der Waals surface area contributed by atoms with Crippen LogP contribution in [0.15, 0.2) is 24.3 Å². The molecule has 0 spiro atoms. The van der Waals surface area contributed by atoms with E-state index in [-0.39, 0.29) is 17.9 Å². The summed E-state index contributed by atoms with van der Waals surface area (Å²) in [5.41, 5.74) is 2.59. The minimum absolute atomic E-state index is 0.193. The minimum Gasteiger partial charge on any atom is -0.459 e. The maximum atomic E-state index is 13.0. The summed E-state index contributed by atoms with van der Waals surface area (Å²) in [4.78, 5) is 37.8. The van der Waals surface area contributed by atoms with Crippen molar-refractivity contribution >= 4 is 39.8 Å². The molecule has 0 bridgehead atoms. The summed E-state index contributed by atoms with van der Waals surface area (Å²) in [6, 6.07) is 6.60. The van der Waals surface area contributed by atoms with E-state index >= 15 is 0 Å². The molecule has 29 heavy (non-hydrogen) atoms. The Balaban J connectivity index is 1.81. The zero-order chi connectivity index (χ0) is 21.1. The van der Waals surface area contributed by atoms with E-state index in [9.17, 15) is 14.4 Å². The number of benzene rings is 1. The molecule has 0 radical (unpaired) electrons. The average molecular weight is 415 g/mol. The van der Waals surface area contributed by atoms with Gasteiger partial charge in [0.2, 0.25) is 5.91 Å². The fourth-order valence-corrected chi connectivity index (χ4v) is 4.86. The highest BCUT2D eigenvalue weighted by Crippen LogP contribution is 2.40. The third-order valence-corrected chi connectivity index (χ3v) is 5.92. The third kappa shape index (κ3) is 5.03. The van der Waals surface area contributed by atoms with Gasteiger partial charge < -0.3 is 15.4 Å². The summed E-state index contributed by atoms with van der Waals surface area (Å²) in [5.74, 6) is -0.274. The first-order valence-electron chi connectivity index (χ1n) is 9.79. The van der Waals surface area contributed by atoms with Crippen molar-refractivity contribution in [2.75, 3.05) is 10.6 Å². The van der Waals surface area contributed by atoms with Gasteiger partial charge in [-0.15, -0.1) is 11.3 Å². The zero-order valence-corrected chi connectivity index (χ0v) is 17.9. The number of anilines is 2. The minimum atomic E-state index is -0.396. The number of fused-ring (bicyclic) bond motifs is 1. The largest absolute Gasteiger partial charge is 0.459 e. The van der Waals surface area contributed by atoms with Crippen molar-refractivity contribution in [1.29, 1.82) is 0 Å². The lowest BCUT2D eigenvalue weighted by atomic mass is 9.88. The van der Waals surface area contributed by atoms with E-state index in [0.717, 1.165) is 24.8 Å². The molecule has 0 aliphatic heterocycles. The van der Waals surface area contributed by atoms with Gasteiger partial charge in [-0.3, -0.25) is 9.59 Å². The van der Waals surface area contributed by atoms with Crippen LogP contribution >= 0.6 is 11.3 Å². The van der Waals surface area contributed by atoms with Crippen molar-refractivity contribution in [3.8, 4) is 0 Å². The van der Waals surface area contributed by atoms with Crippen LogP contribution in [-0.2, 0) is 22.4 Å². The maximum absolute atomic E-state index is 13.0. The van der Waals surface area contributed by atoms with E-state index in [0.29, 0.717) is 27.7 Å². The highest BCUT2D eigenvalue weighted by atomic mass is 32.1. The van der Waals surface area contributed by atoms with Crippen LogP contribution in [0.1, 0.15) is 65.3 Å². The Morgan fingerprint density at radius 2 is 1.83 bits per heavy atom. The van der Waals surface area contributed by atoms with Gasteiger partial charge in [0.05, 0.1) is 17.2 Å². The number of ether oxygens (including phenoxy) is 1. The van der Waals surface area contributed by atoms with Gasteiger partial charge in [0, 0.05) is 17.5 Å². The molecule has 1 atom stereocenters. The first-order valence-corrected chi connectivity index (χ1v) is 10.6. The second-order valence-corrected chi connectivity index (χ2v) is 8.83. The molecule has 154 valence electrons. The number of thiophene rings is 1. The second-order valence-electron chi connectivity index (χ2n) is 7.72. The van der Waals surface area contributed by atoms with Crippen molar-refractivity contribution in [1.82, 2.24) is 0 Å². The Labute approximate surface area is 174 Å². The average Bonchev–Trinajstić information content (AvgIpc) is 2.97. The topological polar surface area (TPSA) is 84.5 Å². The second kappa shape index (κ2) is 8.78. The third-order valence-electron chi connectivity index (χ3n) is 4.75. The monoisotopic (exact) mass is 414 g/mol. The molecule has 2 N–H and O–H groups in total. The van der Waals surface area contributed by atoms with Gasteiger partial charge in [0.1, 0.15) is 5.00 Å². The Bertz CT molecular complexity index is 931. The van der Waals surface area contributed by atoms with Gasteiger partial charge in [-0.2, -0.15) is 0 Å². The zero-order valence-electron chi connectivity index (χ0n) is 17.1. The molecule has 1 aliphatic rings. The molecule has 2 amide bonds. The Morgan fingerprint density at radius 3 is 2.45 bits per heavy atom. The number of nitrogens with one attached hydrogen (secondary N) is 2. The molecular weight excluding hydrogens is 388 g/mol. The quantitative estimate of drug-likeness (QED) is 0.698. The van der Waals surface area contributed by atoms with Crippen LogP contribution in [0.3, 0.4) is 0 Å². The van der Waals surface area contributed by atoms with Crippen LogP contribution in [-0.4, -0.2) is 23.9 Å². The number of hydrogen-bond acceptors (Lipinski definition) is 5. The molecule has 1 unspecified atom stereocenters. The van der Waals surface area contributed by atoms with E-state index in [2.05, 4.69) is 17.6 Å². The van der Waals surface area contributed by atoms with Crippen molar-refractivity contribution in [2.45, 2.75) is 53.1 Å². The lowest BCUT2D eigenvalue weighted by Crippen LogP contribution is -2.18. The van der Waals surface area contributed by atoms with Gasteiger partial charge in [-0.25, -0.2) is 4.79 Å². The van der Waals surface area contributed by atoms with Crippen LogP contribution in [0.5, 0.6) is 0 Å². The van der Waals surface area contributed by atoms with E-state index < -0.39 is 5.97 Å². The predicted octanol–water partition coefficient (Wildman–Crippen LogP) is 4.65. The lowest BCUT2D eigenvalue weighted by Gasteiger charge is -2.18. The molecule has 1 aromatic carbocycles. The fourth-order valence-electron chi connectivity index (χ4n) is 3.40. The molecule has 6 nitrogen and oxygen atoms in total. The summed E-state index contributed by atoms with van der Waals surface area (Å²) in [7, 11) is 0. The van der Waals surface area contributed by atoms with Gasteiger partial charge >= 0.3 is 5.97 Å². The first-order chi connectivity index (χ1) is 13.7. The van der Waals surface area contributed by atoms with Crippen LogP contribution in [0, 0.1) is 5.92 Å². The molecule has 3 rings (SSSR count). The Kier molecular flexibility index (Phi) is 6.37. The van der Waals surface area contributed by atoms with Crippen molar-refractivity contribution in [3.05, 3.63) is 45.8 Å². The summed E-state index contributed by atoms with van der Waals surface area (Å²) < 4.78 is 5.17. The summed E-state index contributed by atoms with van der Waals surface area (Å²) in [5, 5.41) is 6.31. The molecule has 1 aliphatic carbocycles. The highest BCUT2D eigenvalue weighted by molar-refractivity contribution is 7.17. The number of carbonyl (C=O) groups excluding carboxylic acids is 3. The van der Waals surface area contributed by atoms with Gasteiger partial charge in [0.25, 0.3) is 5.91 Å². The molecule has 7 heteroatoms. The molecule has 0 saturated carbocycles.